The number of piperazine rings is 1. The number of hydrogen-bond donors (Lipinski definition) is 5. The molecule has 5 heterocycles. The van der Waals surface area contributed by atoms with Gasteiger partial charge < -0.3 is 45.4 Å². The summed E-state index contributed by atoms with van der Waals surface area (Å²) in [6.45, 7) is 17.4. The van der Waals surface area contributed by atoms with Gasteiger partial charge in [0, 0.05) is 73.8 Å². The van der Waals surface area contributed by atoms with Crippen molar-refractivity contribution in [2.45, 2.75) is 123 Å². The van der Waals surface area contributed by atoms with Crippen LogP contribution in [-0.2, 0) is 19.1 Å². The van der Waals surface area contributed by atoms with Crippen LogP contribution in [0.15, 0.2) is 66.3 Å². The van der Waals surface area contributed by atoms with E-state index < -0.39 is 58.2 Å². The summed E-state index contributed by atoms with van der Waals surface area (Å²) in [5.74, 6) is -0.298. The molecule has 1 saturated carbocycles. The number of β-amino-alcohol motifs (C(OH)–C–C–N with tert-alkyl or cyclic N) is 1. The number of nitrogens with zero attached hydrogens (tertiary/aromatic N) is 6. The molecule has 4 amide bonds. The van der Waals surface area contributed by atoms with E-state index in [9.17, 15) is 34.7 Å². The van der Waals surface area contributed by atoms with Crippen molar-refractivity contribution >= 4 is 52.4 Å². The number of hydrogen-bond acceptors (Lipinski definition) is 14. The SMILES string of the molecule is Cc1ncsc1-c1ccc([C@H](CO)NC(=O)[C@@H]2C[C@@H](O)CN2C(=O)[C@@H](NC(=O)COCCN2C3CCC2CN(c2ccc(C(=O)N[C@H]4C(C)(C)[C@H](Oc5ccc(C#N)c(Cl)c5)C4(C)C)cn2)C3)C(C)(C)C)cc1. The number of amides is 4. The number of carbonyl (C=O) groups excluding carboxylic acids is 4. The lowest BCUT2D eigenvalue weighted by molar-refractivity contribution is -0.164. The van der Waals surface area contributed by atoms with Crippen LogP contribution in [0.2, 0.25) is 5.02 Å². The Hall–Kier alpha value is -5.68. The first-order valence-corrected chi connectivity index (χ1v) is 26.3. The number of likely N-dealkylation sites (tertiary alicyclic amines) is 1. The Morgan fingerprint density at radius 1 is 0.973 bits per heavy atom. The lowest BCUT2D eigenvalue weighted by Crippen LogP contribution is -2.74. The van der Waals surface area contributed by atoms with Crippen LogP contribution in [0.25, 0.3) is 10.4 Å². The highest BCUT2D eigenvalue weighted by Gasteiger charge is 2.64. The maximum absolute atomic E-state index is 14.2. The predicted molar refractivity (Wildman–Crippen MR) is 278 cm³/mol. The van der Waals surface area contributed by atoms with Gasteiger partial charge in [0.1, 0.15) is 42.4 Å². The first kappa shape index (κ1) is 53.6. The molecular weight excluding hydrogens is 970 g/mol. The maximum Gasteiger partial charge on any atom is 0.253 e. The van der Waals surface area contributed by atoms with Crippen molar-refractivity contribution in [3.63, 3.8) is 0 Å². The van der Waals surface area contributed by atoms with Crippen molar-refractivity contribution < 1.29 is 38.9 Å². The number of nitrogens with one attached hydrogen (secondary N) is 3. The summed E-state index contributed by atoms with van der Waals surface area (Å²) >= 11 is 7.80. The summed E-state index contributed by atoms with van der Waals surface area (Å²) in [6, 6.07) is 15.9. The van der Waals surface area contributed by atoms with Crippen LogP contribution in [0.1, 0.15) is 101 Å². The van der Waals surface area contributed by atoms with Crippen LogP contribution in [-0.4, -0.2) is 142 Å². The van der Waals surface area contributed by atoms with Gasteiger partial charge in [-0.15, -0.1) is 11.3 Å². The number of nitriles is 1. The number of pyridine rings is 1. The van der Waals surface area contributed by atoms with Gasteiger partial charge in [-0.3, -0.25) is 24.1 Å². The number of aromatic nitrogens is 2. The van der Waals surface area contributed by atoms with Gasteiger partial charge in [-0.25, -0.2) is 9.97 Å². The molecule has 0 spiro atoms. The van der Waals surface area contributed by atoms with Crippen molar-refractivity contribution in [1.82, 2.24) is 35.7 Å². The van der Waals surface area contributed by atoms with E-state index in [1.54, 1.807) is 29.9 Å². The molecule has 5 N–H and O–H groups in total. The molecule has 2 aromatic heterocycles. The van der Waals surface area contributed by atoms with E-state index in [4.69, 9.17) is 26.1 Å². The molecule has 2 bridgehead atoms. The van der Waals surface area contributed by atoms with Crippen LogP contribution < -0.4 is 25.6 Å². The highest BCUT2D eigenvalue weighted by Crippen LogP contribution is 2.55. The summed E-state index contributed by atoms with van der Waals surface area (Å²) in [5.41, 5.74) is 3.65. The molecule has 3 saturated heterocycles. The number of aliphatic hydroxyl groups excluding tert-OH is 2. The molecule has 4 fully saturated rings. The summed E-state index contributed by atoms with van der Waals surface area (Å²) in [6.07, 6.45) is 2.50. The summed E-state index contributed by atoms with van der Waals surface area (Å²) in [5, 5.41) is 39.6. The van der Waals surface area contributed by atoms with Crippen LogP contribution >= 0.6 is 22.9 Å². The van der Waals surface area contributed by atoms with E-state index in [0.717, 1.165) is 47.9 Å². The van der Waals surface area contributed by atoms with Gasteiger partial charge >= 0.3 is 0 Å². The van der Waals surface area contributed by atoms with E-state index in [0.29, 0.717) is 40.6 Å². The quantitative estimate of drug-likeness (QED) is 0.0807. The molecule has 19 heteroatoms. The van der Waals surface area contributed by atoms with Gasteiger partial charge in [0.15, 0.2) is 0 Å². The van der Waals surface area contributed by atoms with Gasteiger partial charge in [0.25, 0.3) is 5.91 Å². The molecule has 1 aliphatic carbocycles. The van der Waals surface area contributed by atoms with Crippen LogP contribution in [0.5, 0.6) is 5.75 Å². The lowest BCUT2D eigenvalue weighted by atomic mass is 9.49. The lowest BCUT2D eigenvalue weighted by Gasteiger charge is -2.63. The second kappa shape index (κ2) is 21.7. The Bertz CT molecular complexity index is 2670. The fourth-order valence-corrected chi connectivity index (χ4v) is 12.7. The number of rotatable bonds is 17. The minimum Gasteiger partial charge on any atom is -0.489 e. The fourth-order valence-electron chi connectivity index (χ4n) is 11.7. The minimum absolute atomic E-state index is 0.0161. The molecule has 0 radical (unpaired) electrons. The third kappa shape index (κ3) is 11.4. The molecule has 4 aliphatic rings. The van der Waals surface area contributed by atoms with Crippen LogP contribution in [0.3, 0.4) is 0 Å². The molecule has 4 aromatic rings. The van der Waals surface area contributed by atoms with Crippen molar-refractivity contribution in [2.75, 3.05) is 50.9 Å². The van der Waals surface area contributed by atoms with E-state index >= 15 is 0 Å². The maximum atomic E-state index is 14.2. The molecular formula is C54H68ClN9O8S. The third-order valence-electron chi connectivity index (χ3n) is 15.2. The Labute approximate surface area is 436 Å². The summed E-state index contributed by atoms with van der Waals surface area (Å²) in [4.78, 5) is 71.1. The van der Waals surface area contributed by atoms with Crippen LogP contribution in [0.4, 0.5) is 5.82 Å². The molecule has 17 nitrogen and oxygen atoms in total. The van der Waals surface area contributed by atoms with E-state index in [-0.39, 0.29) is 56.3 Å². The molecule has 3 aliphatic heterocycles. The summed E-state index contributed by atoms with van der Waals surface area (Å²) in [7, 11) is 0. The molecule has 8 rings (SSSR count). The molecule has 73 heavy (non-hydrogen) atoms. The Morgan fingerprint density at radius 2 is 1.67 bits per heavy atom. The van der Waals surface area contributed by atoms with Gasteiger partial charge in [0.2, 0.25) is 17.7 Å². The minimum atomic E-state index is -1.01. The molecule has 2 unspecified atom stereocenters. The molecule has 6 atom stereocenters. The zero-order valence-electron chi connectivity index (χ0n) is 42.9. The monoisotopic (exact) mass is 1040 g/mol. The number of benzene rings is 2. The topological polar surface area (TPSA) is 223 Å². The first-order valence-electron chi connectivity index (χ1n) is 25.0. The number of fused-ring (bicyclic) bond motifs is 2. The number of anilines is 1. The standard InChI is InChI=1S/C54H68ClN9O8S/c1-31-45(73-30-58-31)33-11-9-32(10-12-33)41(28-65)59-48(69)42-21-38(66)27-64(42)49(70)46(52(2,3)4)60-44(67)29-71-20-19-63-36-15-16-37(63)26-62(25-36)43-18-14-35(24-57-43)47(68)61-50-53(5,6)51(54(50,7)8)72-39-17-13-34(23-56)40(55)22-39/h9-14,17-18,22,24,30,36-38,41-42,46,50-51,65-66H,15-16,19-21,25-29H2,1-8H3,(H,59,69)(H,60,67)(H,61,68)/t36?,37?,38-,41+,42+,46-,50-,51-/m1/s1. The average molecular weight is 1040 g/mol. The number of ether oxygens (including phenoxy) is 2. The summed E-state index contributed by atoms with van der Waals surface area (Å²) < 4.78 is 12.3. The smallest absolute Gasteiger partial charge is 0.253 e. The van der Waals surface area contributed by atoms with E-state index in [1.165, 1.54) is 16.2 Å². The van der Waals surface area contributed by atoms with Gasteiger partial charge in [-0.05, 0) is 60.6 Å². The normalized spacial score (nSPS) is 24.0. The highest BCUT2D eigenvalue weighted by atomic mass is 35.5. The number of thiazole rings is 1. The van der Waals surface area contributed by atoms with Crippen molar-refractivity contribution in [2.24, 2.45) is 16.2 Å². The zero-order chi connectivity index (χ0) is 52.6. The first-order chi connectivity index (χ1) is 34.6. The second-order valence-electron chi connectivity index (χ2n) is 22.2. The molecule has 2 aromatic carbocycles. The van der Waals surface area contributed by atoms with E-state index in [2.05, 4.69) is 64.5 Å². The third-order valence-corrected chi connectivity index (χ3v) is 16.5. The van der Waals surface area contributed by atoms with Crippen molar-refractivity contribution in [3.05, 3.63) is 93.7 Å². The Kier molecular flexibility index (Phi) is 15.9. The predicted octanol–water partition coefficient (Wildman–Crippen LogP) is 5.66. The van der Waals surface area contributed by atoms with Gasteiger partial charge in [0.05, 0.1) is 57.6 Å². The second-order valence-corrected chi connectivity index (χ2v) is 23.4. The number of aryl methyl sites for hydroxylation is 1. The Morgan fingerprint density at radius 3 is 2.26 bits per heavy atom. The van der Waals surface area contributed by atoms with Crippen molar-refractivity contribution in [1.29, 1.82) is 5.26 Å². The molecule has 390 valence electrons. The van der Waals surface area contributed by atoms with E-state index in [1.807, 2.05) is 64.1 Å². The fraction of sp³-hybridized carbons (Fsp3) is 0.537. The highest BCUT2D eigenvalue weighted by molar-refractivity contribution is 7.13. The van der Waals surface area contributed by atoms with Gasteiger partial charge in [-0.1, -0.05) is 84.3 Å². The Balaban J connectivity index is 0.792. The number of aliphatic hydroxyl groups is 2. The van der Waals surface area contributed by atoms with Crippen molar-refractivity contribution in [3.8, 4) is 22.3 Å². The largest absolute Gasteiger partial charge is 0.489 e. The van der Waals surface area contributed by atoms with Crippen LogP contribution in [0, 0.1) is 34.5 Å². The number of halogens is 1. The number of carbonyl (C=O) groups is 4. The average Bonchev–Trinajstić information content (AvgIpc) is 4.04. The van der Waals surface area contributed by atoms with Gasteiger partial charge in [-0.2, -0.15) is 5.26 Å². The zero-order valence-corrected chi connectivity index (χ0v) is 44.4.